The van der Waals surface area contributed by atoms with E-state index in [0.717, 1.165) is 18.5 Å². The van der Waals surface area contributed by atoms with Crippen molar-refractivity contribution < 1.29 is 13.9 Å². The highest BCUT2D eigenvalue weighted by Gasteiger charge is 2.12. The highest BCUT2D eigenvalue weighted by atomic mass is 19.1. The summed E-state index contributed by atoms with van der Waals surface area (Å²) < 4.78 is 18.7. The Morgan fingerprint density at radius 2 is 2.20 bits per heavy atom. The van der Waals surface area contributed by atoms with Crippen molar-refractivity contribution in [1.29, 1.82) is 0 Å². The maximum Gasteiger partial charge on any atom is 0.234 e. The van der Waals surface area contributed by atoms with Gasteiger partial charge in [0, 0.05) is 13.1 Å². The summed E-state index contributed by atoms with van der Waals surface area (Å²) in [5.41, 5.74) is 2.30. The Morgan fingerprint density at radius 1 is 1.36 bits per heavy atom. The minimum atomic E-state index is -0.374. The molecule has 138 valence electrons. The predicted octanol–water partition coefficient (Wildman–Crippen LogP) is 3.66. The first kappa shape index (κ1) is 19.4. The highest BCUT2D eigenvalue weighted by molar-refractivity contribution is 5.78. The minimum Gasteiger partial charge on any atom is -0.494 e. The number of carbonyl (C=O) groups excluding carboxylic acids is 1. The number of ether oxygens (including phenoxy) is 1. The molecule has 0 aromatic heterocycles. The van der Waals surface area contributed by atoms with Gasteiger partial charge >= 0.3 is 0 Å². The Labute approximate surface area is 150 Å². The number of halogens is 1. The molecule has 0 bridgehead atoms. The fourth-order valence-corrected chi connectivity index (χ4v) is 3.10. The monoisotopic (exact) mass is 348 g/mol. The molecule has 1 aromatic carbocycles. The van der Waals surface area contributed by atoms with E-state index in [4.69, 9.17) is 4.74 Å². The molecule has 0 radical (unpaired) electrons. The van der Waals surface area contributed by atoms with E-state index < -0.39 is 0 Å². The molecule has 0 atom stereocenters. The number of nitrogens with zero attached hydrogens (tertiary/aromatic N) is 1. The predicted molar refractivity (Wildman–Crippen MR) is 98.1 cm³/mol. The lowest BCUT2D eigenvalue weighted by Crippen LogP contribution is -2.37. The smallest absolute Gasteiger partial charge is 0.234 e. The lowest BCUT2D eigenvalue weighted by Gasteiger charge is -2.20. The molecule has 1 aliphatic carbocycles. The van der Waals surface area contributed by atoms with Gasteiger partial charge < -0.3 is 10.1 Å². The van der Waals surface area contributed by atoms with Crippen LogP contribution in [0.5, 0.6) is 5.75 Å². The van der Waals surface area contributed by atoms with Crippen molar-refractivity contribution in [1.82, 2.24) is 10.2 Å². The molecule has 0 heterocycles. The van der Waals surface area contributed by atoms with E-state index in [1.54, 1.807) is 6.07 Å². The molecule has 1 aliphatic rings. The molecule has 5 heteroatoms. The quantitative estimate of drug-likeness (QED) is 0.693. The van der Waals surface area contributed by atoms with Crippen molar-refractivity contribution in [3.8, 4) is 5.75 Å². The third kappa shape index (κ3) is 6.50. The van der Waals surface area contributed by atoms with Crippen LogP contribution >= 0.6 is 0 Å². The fraction of sp³-hybridized carbons (Fsp3) is 0.550. The van der Waals surface area contributed by atoms with Gasteiger partial charge in [-0.3, -0.25) is 9.69 Å². The Hall–Kier alpha value is -1.88. The second-order valence-electron chi connectivity index (χ2n) is 6.48. The average molecular weight is 348 g/mol. The van der Waals surface area contributed by atoms with Crippen LogP contribution in [-0.4, -0.2) is 37.6 Å². The van der Waals surface area contributed by atoms with Crippen LogP contribution < -0.4 is 10.1 Å². The van der Waals surface area contributed by atoms with E-state index >= 15 is 0 Å². The maximum absolute atomic E-state index is 13.8. The summed E-state index contributed by atoms with van der Waals surface area (Å²) >= 11 is 0. The van der Waals surface area contributed by atoms with Crippen molar-refractivity contribution in [2.45, 2.75) is 45.6 Å². The highest BCUT2D eigenvalue weighted by Crippen LogP contribution is 2.20. The van der Waals surface area contributed by atoms with Gasteiger partial charge in [0.25, 0.3) is 0 Å². The first-order valence-electron chi connectivity index (χ1n) is 9.11. The van der Waals surface area contributed by atoms with Gasteiger partial charge in [0.2, 0.25) is 5.91 Å². The molecule has 0 saturated carbocycles. The fourth-order valence-electron chi connectivity index (χ4n) is 3.10. The lowest BCUT2D eigenvalue weighted by atomic mass is 9.97. The van der Waals surface area contributed by atoms with Crippen LogP contribution in [0.25, 0.3) is 0 Å². The molecule has 2 rings (SSSR count). The molecular formula is C20H29FN2O2. The van der Waals surface area contributed by atoms with Gasteiger partial charge in [0.15, 0.2) is 11.6 Å². The minimum absolute atomic E-state index is 0.0206. The number of hydrogen-bond donors (Lipinski definition) is 1. The SMILES string of the molecule is CCN(CC(=O)NCCC1=CCCCC1)Cc1ccc(OC)c(F)c1. The molecule has 1 aromatic rings. The van der Waals surface area contributed by atoms with Crippen molar-refractivity contribution in [2.75, 3.05) is 26.7 Å². The Kier molecular flexibility index (Phi) is 7.92. The van der Waals surface area contributed by atoms with Crippen LogP contribution in [-0.2, 0) is 11.3 Å². The van der Waals surface area contributed by atoms with E-state index in [0.29, 0.717) is 19.6 Å². The lowest BCUT2D eigenvalue weighted by molar-refractivity contribution is -0.122. The second-order valence-corrected chi connectivity index (χ2v) is 6.48. The van der Waals surface area contributed by atoms with Crippen molar-refractivity contribution in [3.05, 3.63) is 41.2 Å². The molecule has 0 saturated heterocycles. The third-order valence-corrected chi connectivity index (χ3v) is 4.59. The summed E-state index contributed by atoms with van der Waals surface area (Å²) in [7, 11) is 1.45. The Balaban J connectivity index is 1.77. The van der Waals surface area contributed by atoms with Gasteiger partial charge in [-0.15, -0.1) is 0 Å². The van der Waals surface area contributed by atoms with Crippen molar-refractivity contribution >= 4 is 5.91 Å². The Morgan fingerprint density at radius 3 is 2.84 bits per heavy atom. The van der Waals surface area contributed by atoms with Crippen LogP contribution in [0.4, 0.5) is 4.39 Å². The van der Waals surface area contributed by atoms with Crippen LogP contribution in [0, 0.1) is 5.82 Å². The van der Waals surface area contributed by atoms with Gasteiger partial charge in [-0.25, -0.2) is 4.39 Å². The molecule has 0 unspecified atom stereocenters. The molecule has 0 aliphatic heterocycles. The largest absolute Gasteiger partial charge is 0.494 e. The van der Waals surface area contributed by atoms with Crippen LogP contribution in [0.2, 0.25) is 0 Å². The topological polar surface area (TPSA) is 41.6 Å². The van der Waals surface area contributed by atoms with E-state index in [1.165, 1.54) is 44.4 Å². The molecule has 1 N–H and O–H groups in total. The number of nitrogens with one attached hydrogen (secondary N) is 1. The molecule has 4 nitrogen and oxygen atoms in total. The molecule has 0 fully saturated rings. The summed E-state index contributed by atoms with van der Waals surface area (Å²) in [6.45, 7) is 4.28. The number of hydrogen-bond acceptors (Lipinski definition) is 3. The number of rotatable bonds is 9. The third-order valence-electron chi connectivity index (χ3n) is 4.59. The zero-order valence-electron chi connectivity index (χ0n) is 15.3. The van der Waals surface area contributed by atoms with Crippen LogP contribution in [0.3, 0.4) is 0 Å². The summed E-state index contributed by atoms with van der Waals surface area (Å²) in [6.07, 6.45) is 8.15. The van der Waals surface area contributed by atoms with Gasteiger partial charge in [-0.05, 0) is 56.3 Å². The maximum atomic E-state index is 13.8. The second kappa shape index (κ2) is 10.2. The van der Waals surface area contributed by atoms with Crippen LogP contribution in [0.15, 0.2) is 29.8 Å². The van der Waals surface area contributed by atoms with Crippen molar-refractivity contribution in [3.63, 3.8) is 0 Å². The molecular weight excluding hydrogens is 319 g/mol. The molecule has 25 heavy (non-hydrogen) atoms. The normalized spacial score (nSPS) is 14.3. The summed E-state index contributed by atoms with van der Waals surface area (Å²) in [5.74, 6) is -0.116. The number of methoxy groups -OCH3 is 1. The zero-order valence-corrected chi connectivity index (χ0v) is 15.3. The number of benzene rings is 1. The standard InChI is InChI=1S/C20H29FN2O2/c1-3-23(14-17-9-10-19(25-2)18(21)13-17)15-20(24)22-12-11-16-7-5-4-6-8-16/h7,9-10,13H,3-6,8,11-12,14-15H2,1-2H3,(H,22,24). The number of allylic oxidation sites excluding steroid dienone is 1. The van der Waals surface area contributed by atoms with Gasteiger partial charge in [-0.1, -0.05) is 24.6 Å². The summed E-state index contributed by atoms with van der Waals surface area (Å²) in [4.78, 5) is 14.1. The summed E-state index contributed by atoms with van der Waals surface area (Å²) in [5, 5.41) is 2.99. The van der Waals surface area contributed by atoms with E-state index in [1.807, 2.05) is 17.9 Å². The van der Waals surface area contributed by atoms with E-state index in [9.17, 15) is 9.18 Å². The van der Waals surface area contributed by atoms with Gasteiger partial charge in [-0.2, -0.15) is 0 Å². The first-order chi connectivity index (χ1) is 12.1. The van der Waals surface area contributed by atoms with Gasteiger partial charge in [0.05, 0.1) is 13.7 Å². The first-order valence-corrected chi connectivity index (χ1v) is 9.11. The Bertz CT molecular complexity index is 601. The van der Waals surface area contributed by atoms with E-state index in [-0.39, 0.29) is 17.5 Å². The summed E-state index contributed by atoms with van der Waals surface area (Å²) in [6, 6.07) is 4.92. The molecule has 1 amide bonds. The number of amides is 1. The number of carbonyl (C=O) groups is 1. The van der Waals surface area contributed by atoms with Crippen LogP contribution in [0.1, 0.15) is 44.6 Å². The molecule has 0 spiro atoms. The van der Waals surface area contributed by atoms with Crippen molar-refractivity contribution in [2.24, 2.45) is 0 Å². The zero-order chi connectivity index (χ0) is 18.1. The van der Waals surface area contributed by atoms with Gasteiger partial charge in [0.1, 0.15) is 0 Å². The average Bonchev–Trinajstić information content (AvgIpc) is 2.62. The number of likely N-dealkylation sites (N-methyl/N-ethyl adjacent to an activating group) is 1. The van der Waals surface area contributed by atoms with E-state index in [2.05, 4.69) is 11.4 Å².